The van der Waals surface area contributed by atoms with Crippen molar-refractivity contribution >= 4 is 0 Å². The molecule has 1 saturated heterocycles. The number of phenolic OH excluding ortho intramolecular Hbond substituents is 1. The molecule has 1 aromatic carbocycles. The van der Waals surface area contributed by atoms with Gasteiger partial charge in [0, 0.05) is 25.5 Å². The van der Waals surface area contributed by atoms with Crippen LogP contribution in [0.4, 0.5) is 0 Å². The molecule has 1 fully saturated rings. The predicted octanol–water partition coefficient (Wildman–Crippen LogP) is 2.70. The number of phenols is 1. The molecule has 2 heterocycles. The van der Waals surface area contributed by atoms with Crippen LogP contribution in [0.15, 0.2) is 48.8 Å². The zero-order chi connectivity index (χ0) is 15.2. The van der Waals surface area contributed by atoms with Crippen LogP contribution in [0.2, 0.25) is 0 Å². The highest BCUT2D eigenvalue weighted by Crippen LogP contribution is 2.27. The van der Waals surface area contributed by atoms with Crippen molar-refractivity contribution in [1.82, 2.24) is 10.3 Å². The van der Waals surface area contributed by atoms with E-state index < -0.39 is 0 Å². The number of ether oxygens (including phenoxy) is 1. The molecule has 0 unspecified atom stereocenters. The molecule has 2 atom stereocenters. The van der Waals surface area contributed by atoms with Crippen molar-refractivity contribution in [2.24, 2.45) is 5.92 Å². The van der Waals surface area contributed by atoms with E-state index in [9.17, 15) is 5.11 Å². The number of aromatic nitrogens is 1. The van der Waals surface area contributed by atoms with E-state index in [1.165, 1.54) is 5.56 Å². The Morgan fingerprint density at radius 3 is 2.82 bits per heavy atom. The Morgan fingerprint density at radius 1 is 1.18 bits per heavy atom. The molecule has 0 spiro atoms. The normalized spacial score (nSPS) is 21.6. The lowest BCUT2D eigenvalue weighted by molar-refractivity contribution is 0.0750. The first-order valence-corrected chi connectivity index (χ1v) is 7.77. The van der Waals surface area contributed by atoms with E-state index in [0.29, 0.717) is 24.2 Å². The molecular formula is C18H22N2O2. The van der Waals surface area contributed by atoms with Gasteiger partial charge in [0.05, 0.1) is 13.2 Å². The molecular weight excluding hydrogens is 276 g/mol. The summed E-state index contributed by atoms with van der Waals surface area (Å²) >= 11 is 0. The lowest BCUT2D eigenvalue weighted by Gasteiger charge is -2.30. The summed E-state index contributed by atoms with van der Waals surface area (Å²) in [5, 5.41) is 12.9. The minimum absolute atomic E-state index is 0.323. The van der Waals surface area contributed by atoms with Gasteiger partial charge in [-0.3, -0.25) is 4.98 Å². The number of hydrogen-bond acceptors (Lipinski definition) is 4. The molecule has 4 heteroatoms. The predicted molar refractivity (Wildman–Crippen MR) is 85.7 cm³/mol. The Labute approximate surface area is 131 Å². The van der Waals surface area contributed by atoms with Crippen LogP contribution in [0.1, 0.15) is 23.5 Å². The molecule has 2 aromatic rings. The number of aromatic hydroxyl groups is 1. The molecule has 2 N–H and O–H groups in total. The van der Waals surface area contributed by atoms with Crippen LogP contribution in [0, 0.1) is 5.92 Å². The Balaban J connectivity index is 1.49. The minimum atomic E-state index is 0.323. The first-order valence-electron chi connectivity index (χ1n) is 7.77. The maximum absolute atomic E-state index is 9.39. The SMILES string of the molecule is Oc1ccc([C@@H]2CNC[C@H](COCc3cccnc3)C2)cc1. The van der Waals surface area contributed by atoms with Gasteiger partial charge in [-0.2, -0.15) is 0 Å². The summed E-state index contributed by atoms with van der Waals surface area (Å²) in [5.41, 5.74) is 2.39. The van der Waals surface area contributed by atoms with Gasteiger partial charge in [-0.15, -0.1) is 0 Å². The number of pyridine rings is 1. The average Bonchev–Trinajstić information content (AvgIpc) is 2.57. The Hall–Kier alpha value is -1.91. The lowest BCUT2D eigenvalue weighted by atomic mass is 9.86. The van der Waals surface area contributed by atoms with E-state index >= 15 is 0 Å². The topological polar surface area (TPSA) is 54.4 Å². The second kappa shape index (κ2) is 7.38. The quantitative estimate of drug-likeness (QED) is 0.891. The van der Waals surface area contributed by atoms with Crippen LogP contribution in [-0.2, 0) is 11.3 Å². The van der Waals surface area contributed by atoms with E-state index in [1.54, 1.807) is 18.3 Å². The van der Waals surface area contributed by atoms with E-state index in [2.05, 4.69) is 10.3 Å². The molecule has 22 heavy (non-hydrogen) atoms. The number of hydrogen-bond donors (Lipinski definition) is 2. The summed E-state index contributed by atoms with van der Waals surface area (Å²) in [6.07, 6.45) is 4.74. The molecule has 3 rings (SSSR count). The van der Waals surface area contributed by atoms with Gasteiger partial charge in [-0.05, 0) is 47.6 Å². The van der Waals surface area contributed by atoms with Gasteiger partial charge in [0.15, 0.2) is 0 Å². The van der Waals surface area contributed by atoms with Crippen LogP contribution in [0.5, 0.6) is 5.75 Å². The fraction of sp³-hybridized carbons (Fsp3) is 0.389. The van der Waals surface area contributed by atoms with Gasteiger partial charge < -0.3 is 15.2 Å². The third kappa shape index (κ3) is 4.06. The highest BCUT2D eigenvalue weighted by molar-refractivity contribution is 5.28. The van der Waals surface area contributed by atoms with Crippen molar-refractivity contribution in [3.63, 3.8) is 0 Å². The number of nitrogens with one attached hydrogen (secondary N) is 1. The van der Waals surface area contributed by atoms with Crippen molar-refractivity contribution in [3.8, 4) is 5.75 Å². The van der Waals surface area contributed by atoms with Gasteiger partial charge in [-0.25, -0.2) is 0 Å². The zero-order valence-corrected chi connectivity index (χ0v) is 12.6. The molecule has 1 aliphatic heterocycles. The van der Waals surface area contributed by atoms with Gasteiger partial charge in [0.1, 0.15) is 5.75 Å². The van der Waals surface area contributed by atoms with Crippen molar-refractivity contribution in [1.29, 1.82) is 0 Å². The molecule has 0 bridgehead atoms. The standard InChI is InChI=1S/C18H22N2O2/c21-18-5-3-16(4-6-18)17-8-15(10-20-11-17)13-22-12-14-2-1-7-19-9-14/h1-7,9,15,17,20-21H,8,10-13H2/t15-,17+/m1/s1. The summed E-state index contributed by atoms with van der Waals surface area (Å²) < 4.78 is 5.84. The van der Waals surface area contributed by atoms with Crippen molar-refractivity contribution in [2.45, 2.75) is 18.9 Å². The van der Waals surface area contributed by atoms with Gasteiger partial charge in [0.2, 0.25) is 0 Å². The van der Waals surface area contributed by atoms with Gasteiger partial charge in [0.25, 0.3) is 0 Å². The highest BCUT2D eigenvalue weighted by atomic mass is 16.5. The van der Waals surface area contributed by atoms with Crippen molar-refractivity contribution in [2.75, 3.05) is 19.7 Å². The zero-order valence-electron chi connectivity index (χ0n) is 12.6. The van der Waals surface area contributed by atoms with Gasteiger partial charge in [-0.1, -0.05) is 18.2 Å². The molecule has 0 amide bonds. The molecule has 0 aliphatic carbocycles. The number of piperidine rings is 1. The molecule has 0 saturated carbocycles. The fourth-order valence-electron chi connectivity index (χ4n) is 2.99. The van der Waals surface area contributed by atoms with Crippen LogP contribution < -0.4 is 5.32 Å². The maximum Gasteiger partial charge on any atom is 0.115 e. The summed E-state index contributed by atoms with van der Waals surface area (Å²) in [6, 6.07) is 11.5. The fourth-order valence-corrected chi connectivity index (χ4v) is 2.99. The second-order valence-corrected chi connectivity index (χ2v) is 5.92. The Kier molecular flexibility index (Phi) is 5.03. The first-order chi connectivity index (χ1) is 10.8. The molecule has 0 radical (unpaired) electrons. The lowest BCUT2D eigenvalue weighted by Crippen LogP contribution is -2.37. The summed E-state index contributed by atoms with van der Waals surface area (Å²) in [5.74, 6) is 1.33. The second-order valence-electron chi connectivity index (χ2n) is 5.92. The highest BCUT2D eigenvalue weighted by Gasteiger charge is 2.23. The van der Waals surface area contributed by atoms with E-state index in [4.69, 9.17) is 4.74 Å². The number of benzene rings is 1. The third-order valence-corrected chi connectivity index (χ3v) is 4.15. The van der Waals surface area contributed by atoms with Crippen molar-refractivity contribution < 1.29 is 9.84 Å². The summed E-state index contributed by atoms with van der Waals surface area (Å²) in [6.45, 7) is 3.37. The first kappa shape index (κ1) is 15.0. The van der Waals surface area contributed by atoms with Crippen molar-refractivity contribution in [3.05, 3.63) is 59.9 Å². The molecule has 4 nitrogen and oxygen atoms in total. The summed E-state index contributed by atoms with van der Waals surface area (Å²) in [7, 11) is 0. The minimum Gasteiger partial charge on any atom is -0.508 e. The Morgan fingerprint density at radius 2 is 2.05 bits per heavy atom. The third-order valence-electron chi connectivity index (χ3n) is 4.15. The number of nitrogens with zero attached hydrogens (tertiary/aromatic N) is 1. The summed E-state index contributed by atoms with van der Waals surface area (Å²) in [4.78, 5) is 4.10. The van der Waals surface area contributed by atoms with Crippen LogP contribution in [0.25, 0.3) is 0 Å². The largest absolute Gasteiger partial charge is 0.508 e. The van der Waals surface area contributed by atoms with Crippen LogP contribution in [0.3, 0.4) is 0 Å². The molecule has 1 aromatic heterocycles. The smallest absolute Gasteiger partial charge is 0.115 e. The maximum atomic E-state index is 9.39. The monoisotopic (exact) mass is 298 g/mol. The van der Waals surface area contributed by atoms with Crippen LogP contribution >= 0.6 is 0 Å². The molecule has 116 valence electrons. The van der Waals surface area contributed by atoms with Crippen LogP contribution in [-0.4, -0.2) is 29.8 Å². The van der Waals surface area contributed by atoms with E-state index in [0.717, 1.165) is 31.7 Å². The van der Waals surface area contributed by atoms with E-state index in [-0.39, 0.29) is 0 Å². The molecule has 1 aliphatic rings. The van der Waals surface area contributed by atoms with Gasteiger partial charge >= 0.3 is 0 Å². The average molecular weight is 298 g/mol. The Bertz CT molecular complexity index is 571. The van der Waals surface area contributed by atoms with E-state index in [1.807, 2.05) is 30.5 Å². The number of rotatable bonds is 5.